The van der Waals surface area contributed by atoms with Crippen LogP contribution in [0.3, 0.4) is 0 Å². The molecule has 0 aromatic carbocycles. The fourth-order valence-electron chi connectivity index (χ4n) is 2.25. The first-order valence-electron chi connectivity index (χ1n) is 5.96. The Morgan fingerprint density at radius 3 is 3.06 bits per heavy atom. The van der Waals surface area contributed by atoms with Gasteiger partial charge >= 0.3 is 0 Å². The van der Waals surface area contributed by atoms with Crippen LogP contribution in [0.2, 0.25) is 0 Å². The van der Waals surface area contributed by atoms with Gasteiger partial charge in [0.2, 0.25) is 0 Å². The Kier molecular flexibility index (Phi) is 3.85. The quantitative estimate of drug-likeness (QED) is 0.805. The van der Waals surface area contributed by atoms with Crippen molar-refractivity contribution in [3.8, 4) is 0 Å². The fraction of sp³-hybridized carbons (Fsp3) is 0.462. The number of hydrogen-bond acceptors (Lipinski definition) is 3. The van der Waals surface area contributed by atoms with E-state index in [1.807, 2.05) is 0 Å². The van der Waals surface area contributed by atoms with Gasteiger partial charge in [0, 0.05) is 24.4 Å². The maximum Gasteiger partial charge on any atom is 0.253 e. The van der Waals surface area contributed by atoms with E-state index in [0.29, 0.717) is 5.56 Å². The smallest absolute Gasteiger partial charge is 0.253 e. The molecule has 2 atom stereocenters. The van der Waals surface area contributed by atoms with Crippen molar-refractivity contribution in [1.82, 2.24) is 10.3 Å². The van der Waals surface area contributed by atoms with Gasteiger partial charge in [0.25, 0.3) is 5.91 Å². The molecule has 1 amide bonds. The van der Waals surface area contributed by atoms with E-state index in [4.69, 9.17) is 0 Å². The van der Waals surface area contributed by atoms with Crippen LogP contribution in [0.5, 0.6) is 0 Å². The van der Waals surface area contributed by atoms with Crippen LogP contribution in [0.1, 0.15) is 36.0 Å². The van der Waals surface area contributed by atoms with Crippen LogP contribution in [0.15, 0.2) is 24.5 Å². The lowest BCUT2D eigenvalue weighted by Crippen LogP contribution is -2.38. The molecule has 17 heavy (non-hydrogen) atoms. The molecular weight excluding hydrogens is 216 g/mol. The molecule has 90 valence electrons. The minimum atomic E-state index is -0.102. The van der Waals surface area contributed by atoms with Gasteiger partial charge in [0.05, 0.1) is 5.56 Å². The number of hydrogen-bond donors (Lipinski definition) is 1. The highest BCUT2D eigenvalue weighted by atomic mass is 16.1. The molecular formula is C13H16N2O2. The van der Waals surface area contributed by atoms with Gasteiger partial charge in [0.1, 0.15) is 6.29 Å². The molecule has 0 saturated heterocycles. The molecule has 0 spiro atoms. The summed E-state index contributed by atoms with van der Waals surface area (Å²) in [6, 6.07) is 3.60. The summed E-state index contributed by atoms with van der Waals surface area (Å²) in [5, 5.41) is 2.96. The van der Waals surface area contributed by atoms with Crippen LogP contribution >= 0.6 is 0 Å². The Morgan fingerprint density at radius 1 is 1.47 bits per heavy atom. The summed E-state index contributed by atoms with van der Waals surface area (Å²) in [6.07, 6.45) is 7.85. The number of carbonyl (C=O) groups is 2. The molecule has 1 aromatic rings. The number of amides is 1. The number of aromatic nitrogens is 1. The highest BCUT2D eigenvalue weighted by molar-refractivity contribution is 5.94. The number of aldehydes is 1. The van der Waals surface area contributed by atoms with Crippen LogP contribution in [0.25, 0.3) is 0 Å². The van der Waals surface area contributed by atoms with Crippen LogP contribution < -0.4 is 5.32 Å². The first-order chi connectivity index (χ1) is 8.29. The summed E-state index contributed by atoms with van der Waals surface area (Å²) in [5.74, 6) is -0.00222. The van der Waals surface area contributed by atoms with Gasteiger partial charge in [-0.05, 0) is 31.4 Å². The van der Waals surface area contributed by atoms with Crippen LogP contribution in [-0.2, 0) is 4.79 Å². The van der Waals surface area contributed by atoms with Gasteiger partial charge in [-0.3, -0.25) is 9.78 Å². The van der Waals surface area contributed by atoms with E-state index in [1.165, 1.54) is 0 Å². The van der Waals surface area contributed by atoms with Crippen molar-refractivity contribution >= 4 is 12.2 Å². The van der Waals surface area contributed by atoms with E-state index >= 15 is 0 Å². The van der Waals surface area contributed by atoms with Gasteiger partial charge in [0.15, 0.2) is 0 Å². The predicted molar refractivity (Wildman–Crippen MR) is 63.5 cm³/mol. The van der Waals surface area contributed by atoms with Crippen molar-refractivity contribution in [3.05, 3.63) is 30.1 Å². The third kappa shape index (κ3) is 3.12. The van der Waals surface area contributed by atoms with Crippen molar-refractivity contribution in [3.63, 3.8) is 0 Å². The number of nitrogens with one attached hydrogen (secondary N) is 1. The molecule has 1 N–H and O–H groups in total. The van der Waals surface area contributed by atoms with E-state index in [2.05, 4.69) is 10.3 Å². The minimum Gasteiger partial charge on any atom is -0.349 e. The number of nitrogens with zero attached hydrogens (tertiary/aromatic N) is 1. The summed E-state index contributed by atoms with van der Waals surface area (Å²) in [5.41, 5.74) is 0.570. The van der Waals surface area contributed by atoms with E-state index in [1.54, 1.807) is 24.5 Å². The Hall–Kier alpha value is -1.71. The SMILES string of the molecule is O=CC1CCC[C@H](NC(=O)c2cccnc2)C1. The third-order valence-corrected chi connectivity index (χ3v) is 3.17. The predicted octanol–water partition coefficient (Wildman–Crippen LogP) is 1.57. The summed E-state index contributed by atoms with van der Waals surface area (Å²) in [4.78, 5) is 26.5. The van der Waals surface area contributed by atoms with E-state index in [9.17, 15) is 9.59 Å². The lowest BCUT2D eigenvalue weighted by Gasteiger charge is -2.26. The highest BCUT2D eigenvalue weighted by Crippen LogP contribution is 2.22. The molecule has 4 heteroatoms. The topological polar surface area (TPSA) is 59.1 Å². The van der Waals surface area contributed by atoms with Crippen molar-refractivity contribution in [1.29, 1.82) is 0 Å². The van der Waals surface area contributed by atoms with Crippen molar-refractivity contribution in [2.75, 3.05) is 0 Å². The molecule has 0 bridgehead atoms. The maximum absolute atomic E-state index is 11.9. The third-order valence-electron chi connectivity index (χ3n) is 3.17. The summed E-state index contributed by atoms with van der Waals surface area (Å²) >= 11 is 0. The van der Waals surface area contributed by atoms with Gasteiger partial charge in [-0.25, -0.2) is 0 Å². The van der Waals surface area contributed by atoms with Crippen LogP contribution in [0.4, 0.5) is 0 Å². The molecule has 0 aliphatic heterocycles. The monoisotopic (exact) mass is 232 g/mol. The molecule has 1 aromatic heterocycles. The first kappa shape index (κ1) is 11.8. The van der Waals surface area contributed by atoms with Gasteiger partial charge in [-0.15, -0.1) is 0 Å². The molecule has 0 radical (unpaired) electrons. The second-order valence-corrected chi connectivity index (χ2v) is 4.47. The van der Waals surface area contributed by atoms with Gasteiger partial charge in [-0.1, -0.05) is 6.42 Å². The summed E-state index contributed by atoms with van der Waals surface area (Å²) in [6.45, 7) is 0. The van der Waals surface area contributed by atoms with Gasteiger partial charge in [-0.2, -0.15) is 0 Å². The Balaban J connectivity index is 1.92. The van der Waals surface area contributed by atoms with E-state index in [0.717, 1.165) is 32.0 Å². The minimum absolute atomic E-state index is 0.1000. The second kappa shape index (κ2) is 5.57. The van der Waals surface area contributed by atoms with Crippen molar-refractivity contribution in [2.45, 2.75) is 31.7 Å². The lowest BCUT2D eigenvalue weighted by atomic mass is 9.86. The zero-order chi connectivity index (χ0) is 12.1. The Bertz CT molecular complexity index is 392. The van der Waals surface area contributed by atoms with Crippen LogP contribution in [-0.4, -0.2) is 23.2 Å². The molecule has 2 rings (SSSR count). The highest BCUT2D eigenvalue weighted by Gasteiger charge is 2.23. The Morgan fingerprint density at radius 2 is 2.35 bits per heavy atom. The molecule has 1 heterocycles. The number of pyridine rings is 1. The average Bonchev–Trinajstić information content (AvgIpc) is 2.40. The van der Waals surface area contributed by atoms with Crippen molar-refractivity contribution < 1.29 is 9.59 Å². The van der Waals surface area contributed by atoms with E-state index in [-0.39, 0.29) is 17.9 Å². The largest absolute Gasteiger partial charge is 0.349 e. The standard InChI is InChI=1S/C13H16N2O2/c16-9-10-3-1-5-12(7-10)15-13(17)11-4-2-6-14-8-11/h2,4,6,8-10,12H,1,3,5,7H2,(H,15,17)/t10?,12-/m0/s1. The van der Waals surface area contributed by atoms with Crippen LogP contribution in [0, 0.1) is 5.92 Å². The molecule has 1 aliphatic carbocycles. The second-order valence-electron chi connectivity index (χ2n) is 4.47. The lowest BCUT2D eigenvalue weighted by molar-refractivity contribution is -0.112. The average molecular weight is 232 g/mol. The molecule has 1 saturated carbocycles. The fourth-order valence-corrected chi connectivity index (χ4v) is 2.25. The summed E-state index contributed by atoms with van der Waals surface area (Å²) < 4.78 is 0. The Labute approximate surface area is 100 Å². The number of carbonyl (C=O) groups excluding carboxylic acids is 2. The molecule has 4 nitrogen and oxygen atoms in total. The maximum atomic E-state index is 11.9. The normalized spacial score (nSPS) is 24.0. The van der Waals surface area contributed by atoms with E-state index < -0.39 is 0 Å². The zero-order valence-electron chi connectivity index (χ0n) is 9.63. The molecule has 1 aliphatic rings. The van der Waals surface area contributed by atoms with Gasteiger partial charge < -0.3 is 10.1 Å². The summed E-state index contributed by atoms with van der Waals surface area (Å²) in [7, 11) is 0. The van der Waals surface area contributed by atoms with Crippen molar-refractivity contribution in [2.24, 2.45) is 5.92 Å². The zero-order valence-corrected chi connectivity index (χ0v) is 9.63. The molecule has 1 fully saturated rings. The number of rotatable bonds is 3. The first-order valence-corrected chi connectivity index (χ1v) is 5.96. The molecule has 1 unspecified atom stereocenters.